The molecule has 5 rings (SSSR count). The van der Waals surface area contributed by atoms with Crippen LogP contribution in [0.3, 0.4) is 0 Å². The van der Waals surface area contributed by atoms with Gasteiger partial charge in [-0.15, -0.1) is 0 Å². The zero-order chi connectivity index (χ0) is 32.6. The van der Waals surface area contributed by atoms with E-state index in [1.807, 2.05) is 54.7 Å². The standard InChI is InChI=1S/C33H34N6O7/c1-45-30(43)19-23(40)12-11-22-18-28(35-27(34-22)15-13-24(41)20-31(44)46-2)39-29(42)16-14-25(36-39)32-26-10-6-7-17-38(26)37-33(32)21-8-4-3-5-9-21/h3-10,14,16-18,22,27,34-35H,11-13,15,19-20H2,1-2H3. The SMILES string of the molecule is COC(=O)CC(=O)CCC1C=C(n2nc(-c3c(-c4ccccc4)nn4ccccc34)ccc2=O)NC(CCC(=O)CC(=O)OC)N1. The molecule has 2 N–H and O–H groups in total. The number of hydrogen-bond acceptors (Lipinski definition) is 11. The minimum Gasteiger partial charge on any atom is -0.469 e. The molecular formula is C33H34N6O7. The molecule has 0 bridgehead atoms. The Balaban J connectivity index is 1.48. The molecule has 2 unspecified atom stereocenters. The molecule has 1 aliphatic rings. The summed E-state index contributed by atoms with van der Waals surface area (Å²) >= 11 is 0. The van der Waals surface area contributed by atoms with Crippen molar-refractivity contribution < 1.29 is 28.7 Å². The van der Waals surface area contributed by atoms with Crippen LogP contribution < -0.4 is 16.2 Å². The van der Waals surface area contributed by atoms with E-state index >= 15 is 0 Å². The first-order chi connectivity index (χ1) is 22.2. The van der Waals surface area contributed by atoms with Crippen molar-refractivity contribution in [1.82, 2.24) is 30.0 Å². The van der Waals surface area contributed by atoms with E-state index in [-0.39, 0.29) is 43.7 Å². The summed E-state index contributed by atoms with van der Waals surface area (Å²) in [4.78, 5) is 61.2. The van der Waals surface area contributed by atoms with Crippen molar-refractivity contribution in [2.24, 2.45) is 0 Å². The molecule has 13 heteroatoms. The van der Waals surface area contributed by atoms with Crippen molar-refractivity contribution in [2.75, 3.05) is 14.2 Å². The van der Waals surface area contributed by atoms with Gasteiger partial charge in [0.25, 0.3) is 5.56 Å². The maximum absolute atomic E-state index is 13.3. The van der Waals surface area contributed by atoms with E-state index in [0.717, 1.165) is 16.6 Å². The van der Waals surface area contributed by atoms with Gasteiger partial charge in [0.15, 0.2) is 0 Å². The molecule has 1 aliphatic heterocycles. The van der Waals surface area contributed by atoms with Gasteiger partial charge < -0.3 is 14.8 Å². The molecule has 0 aliphatic carbocycles. The van der Waals surface area contributed by atoms with Gasteiger partial charge >= 0.3 is 11.9 Å². The predicted molar refractivity (Wildman–Crippen MR) is 168 cm³/mol. The van der Waals surface area contributed by atoms with Crippen LogP contribution in [0.25, 0.3) is 33.9 Å². The molecule has 1 aromatic carbocycles. The second-order valence-electron chi connectivity index (χ2n) is 10.8. The molecule has 0 radical (unpaired) electrons. The van der Waals surface area contributed by atoms with Crippen molar-refractivity contribution in [3.8, 4) is 22.5 Å². The summed E-state index contributed by atoms with van der Waals surface area (Å²) in [6.45, 7) is 0. The third kappa shape index (κ3) is 7.61. The highest BCUT2D eigenvalue weighted by molar-refractivity contribution is 5.96. The van der Waals surface area contributed by atoms with Crippen molar-refractivity contribution in [1.29, 1.82) is 0 Å². The van der Waals surface area contributed by atoms with Crippen molar-refractivity contribution in [3.63, 3.8) is 0 Å². The fourth-order valence-electron chi connectivity index (χ4n) is 5.25. The van der Waals surface area contributed by atoms with Gasteiger partial charge in [0.05, 0.1) is 37.2 Å². The summed E-state index contributed by atoms with van der Waals surface area (Å²) < 4.78 is 12.2. The highest BCUT2D eigenvalue weighted by Gasteiger charge is 2.26. The first kappa shape index (κ1) is 32.0. The van der Waals surface area contributed by atoms with Crippen LogP contribution in [-0.2, 0) is 28.7 Å². The normalized spacial score (nSPS) is 15.9. The average molecular weight is 627 g/mol. The molecule has 0 saturated carbocycles. The maximum atomic E-state index is 13.3. The van der Waals surface area contributed by atoms with E-state index in [0.29, 0.717) is 23.6 Å². The molecule has 4 aromatic rings. The zero-order valence-electron chi connectivity index (χ0n) is 25.5. The number of ketones is 2. The Labute approximate surface area is 264 Å². The molecule has 3 aromatic heterocycles. The Morgan fingerprint density at radius 1 is 0.826 bits per heavy atom. The van der Waals surface area contributed by atoms with Gasteiger partial charge in [0.2, 0.25) is 0 Å². The van der Waals surface area contributed by atoms with Gasteiger partial charge in [-0.05, 0) is 37.1 Å². The summed E-state index contributed by atoms with van der Waals surface area (Å²) in [6.07, 6.45) is 3.15. The molecule has 0 fully saturated rings. The second kappa shape index (κ2) is 14.6. The summed E-state index contributed by atoms with van der Waals surface area (Å²) in [5.74, 6) is -1.45. The largest absolute Gasteiger partial charge is 0.469 e. The minimum absolute atomic E-state index is 0.0617. The number of fused-ring (bicyclic) bond motifs is 1. The van der Waals surface area contributed by atoms with Gasteiger partial charge in [-0.1, -0.05) is 36.4 Å². The van der Waals surface area contributed by atoms with Crippen LogP contribution in [-0.4, -0.2) is 69.3 Å². The quantitative estimate of drug-likeness (QED) is 0.166. The zero-order valence-corrected chi connectivity index (χ0v) is 25.5. The molecule has 2 atom stereocenters. The smallest absolute Gasteiger partial charge is 0.313 e. The lowest BCUT2D eigenvalue weighted by atomic mass is 10.0. The molecule has 46 heavy (non-hydrogen) atoms. The van der Waals surface area contributed by atoms with Crippen LogP contribution in [0.5, 0.6) is 0 Å². The number of pyridine rings is 1. The van der Waals surface area contributed by atoms with E-state index < -0.39 is 29.7 Å². The highest BCUT2D eigenvalue weighted by atomic mass is 16.5. The van der Waals surface area contributed by atoms with Gasteiger partial charge in [-0.3, -0.25) is 29.3 Å². The summed E-state index contributed by atoms with van der Waals surface area (Å²) in [5.41, 5.74) is 3.23. The Morgan fingerprint density at radius 2 is 1.50 bits per heavy atom. The molecule has 238 valence electrons. The number of carbonyl (C=O) groups excluding carboxylic acids is 4. The molecular weight excluding hydrogens is 592 g/mol. The maximum Gasteiger partial charge on any atom is 0.313 e. The summed E-state index contributed by atoms with van der Waals surface area (Å²) in [5, 5.41) is 16.2. The topological polar surface area (TPSA) is 163 Å². The number of rotatable bonds is 13. The molecule has 0 spiro atoms. The van der Waals surface area contributed by atoms with Crippen LogP contribution in [0.4, 0.5) is 0 Å². The lowest BCUT2D eigenvalue weighted by Crippen LogP contribution is -2.52. The van der Waals surface area contributed by atoms with E-state index in [4.69, 9.17) is 10.2 Å². The molecule has 13 nitrogen and oxygen atoms in total. The average Bonchev–Trinajstić information content (AvgIpc) is 3.46. The number of hydrogen-bond donors (Lipinski definition) is 2. The van der Waals surface area contributed by atoms with Gasteiger partial charge in [0.1, 0.15) is 35.9 Å². The molecule has 0 saturated heterocycles. The van der Waals surface area contributed by atoms with Crippen LogP contribution in [0.2, 0.25) is 0 Å². The van der Waals surface area contributed by atoms with Gasteiger partial charge in [-0.25, -0.2) is 4.52 Å². The minimum atomic E-state index is -0.618. The number of nitrogens with one attached hydrogen (secondary N) is 2. The summed E-state index contributed by atoms with van der Waals surface area (Å²) in [6, 6.07) is 18.1. The highest BCUT2D eigenvalue weighted by Crippen LogP contribution is 2.33. The Kier molecular flexibility index (Phi) is 10.1. The van der Waals surface area contributed by atoms with Gasteiger partial charge in [0, 0.05) is 36.7 Å². The van der Waals surface area contributed by atoms with E-state index in [9.17, 15) is 24.0 Å². The Morgan fingerprint density at radius 3 is 2.20 bits per heavy atom. The number of esters is 2. The third-order valence-electron chi connectivity index (χ3n) is 7.55. The van der Waals surface area contributed by atoms with Crippen molar-refractivity contribution >= 4 is 34.8 Å². The number of carbonyl (C=O) groups is 4. The first-order valence-corrected chi connectivity index (χ1v) is 14.8. The Bertz CT molecular complexity index is 1850. The van der Waals surface area contributed by atoms with Crippen LogP contribution in [0.15, 0.2) is 77.7 Å². The number of ether oxygens (including phenoxy) is 2. The predicted octanol–water partition coefficient (Wildman–Crippen LogP) is 2.74. The second-order valence-corrected chi connectivity index (χ2v) is 10.8. The van der Waals surface area contributed by atoms with E-state index in [1.54, 1.807) is 16.7 Å². The number of benzene rings is 1. The number of nitrogens with zero attached hydrogens (tertiary/aromatic N) is 4. The first-order valence-electron chi connectivity index (χ1n) is 14.8. The number of Topliss-reactive ketones (excluding diaryl/α,β-unsaturated/α-hetero) is 2. The van der Waals surface area contributed by atoms with E-state index in [1.165, 1.54) is 25.0 Å². The van der Waals surface area contributed by atoms with Crippen LogP contribution >= 0.6 is 0 Å². The fourth-order valence-corrected chi connectivity index (χ4v) is 5.25. The number of aromatic nitrogens is 4. The fraction of sp³-hybridized carbons (Fsp3) is 0.303. The summed E-state index contributed by atoms with van der Waals surface area (Å²) in [7, 11) is 2.44. The van der Waals surface area contributed by atoms with Crippen LogP contribution in [0.1, 0.15) is 38.5 Å². The Hall–Kier alpha value is -5.43. The number of methoxy groups -OCH3 is 2. The molecule has 0 amide bonds. The third-order valence-corrected chi connectivity index (χ3v) is 7.55. The van der Waals surface area contributed by atoms with Gasteiger partial charge in [-0.2, -0.15) is 14.9 Å². The van der Waals surface area contributed by atoms with Crippen molar-refractivity contribution in [3.05, 3.63) is 83.3 Å². The molecule has 4 heterocycles. The van der Waals surface area contributed by atoms with Crippen LogP contribution in [0, 0.1) is 0 Å². The monoisotopic (exact) mass is 626 g/mol. The lowest BCUT2D eigenvalue weighted by molar-refractivity contribution is -0.144. The van der Waals surface area contributed by atoms with Crippen molar-refractivity contribution in [2.45, 2.75) is 50.7 Å². The lowest BCUT2D eigenvalue weighted by Gasteiger charge is -2.32. The van der Waals surface area contributed by atoms with E-state index in [2.05, 4.69) is 20.1 Å².